The van der Waals surface area contributed by atoms with Crippen molar-refractivity contribution in [3.8, 4) is 0 Å². The molecule has 1 aromatic heterocycles. The lowest BCUT2D eigenvalue weighted by Crippen LogP contribution is -2.26. The van der Waals surface area contributed by atoms with E-state index in [1.165, 1.54) is 6.07 Å². The van der Waals surface area contributed by atoms with Crippen LogP contribution in [0.2, 0.25) is 0 Å². The van der Waals surface area contributed by atoms with Gasteiger partial charge in [0.25, 0.3) is 15.9 Å². The molecule has 1 heterocycles. The Morgan fingerprint density at radius 1 is 1.07 bits per heavy atom. The molecule has 0 unspecified atom stereocenters. The molecule has 3 aromatic rings. The van der Waals surface area contributed by atoms with Gasteiger partial charge in [0.2, 0.25) is 0 Å². The van der Waals surface area contributed by atoms with E-state index in [1.54, 1.807) is 55.3 Å². The van der Waals surface area contributed by atoms with Crippen molar-refractivity contribution in [2.45, 2.75) is 24.5 Å². The minimum Gasteiger partial charge on any atom is -0.468 e. The number of carbonyl (C=O) groups is 1. The van der Waals surface area contributed by atoms with Crippen molar-refractivity contribution in [2.24, 2.45) is 0 Å². The molecular weight excluding hydrogens is 420 g/mol. The number of carbonyl (C=O) groups excluding carboxylic acids is 1. The van der Waals surface area contributed by atoms with Gasteiger partial charge in [-0.25, -0.2) is 8.42 Å². The summed E-state index contributed by atoms with van der Waals surface area (Å²) in [6.45, 7) is 4.07. The number of amides is 1. The number of benzene rings is 2. The van der Waals surface area contributed by atoms with Gasteiger partial charge in [-0.05, 0) is 61.4 Å². The summed E-state index contributed by atoms with van der Waals surface area (Å²) >= 11 is 1.65. The molecule has 0 aliphatic carbocycles. The Hall–Kier alpha value is -2.71. The summed E-state index contributed by atoms with van der Waals surface area (Å²) in [5, 5.41) is 2.83. The van der Waals surface area contributed by atoms with Crippen molar-refractivity contribution < 1.29 is 17.6 Å². The predicted octanol–water partition coefficient (Wildman–Crippen LogP) is 4.36. The Labute approximate surface area is 181 Å². The third-order valence-corrected chi connectivity index (χ3v) is 6.87. The van der Waals surface area contributed by atoms with Gasteiger partial charge in [0.05, 0.1) is 16.9 Å². The highest BCUT2D eigenvalue weighted by molar-refractivity contribution is 7.98. The molecule has 6 nitrogen and oxygen atoms in total. The lowest BCUT2D eigenvalue weighted by Gasteiger charge is -2.12. The summed E-state index contributed by atoms with van der Waals surface area (Å²) in [7, 11) is -3.82. The number of aryl methyl sites for hydroxylation is 2. The maximum Gasteiger partial charge on any atom is 0.262 e. The first-order valence-electron chi connectivity index (χ1n) is 9.43. The standard InChI is InChI=1S/C22H24N2O4S2/c1-16-5-3-6-19(13-16)24-30(26,27)21-14-18(9-8-17(21)2)22(25)23-10-12-29-15-20-7-4-11-28-20/h3-9,11,13-14,24H,10,12,15H2,1-2H3,(H,23,25). The second-order valence-electron chi connectivity index (χ2n) is 6.84. The molecule has 0 saturated heterocycles. The molecule has 0 aliphatic rings. The largest absolute Gasteiger partial charge is 0.468 e. The maximum absolute atomic E-state index is 12.9. The van der Waals surface area contributed by atoms with E-state index in [2.05, 4.69) is 10.0 Å². The minimum absolute atomic E-state index is 0.0869. The van der Waals surface area contributed by atoms with Gasteiger partial charge in [0, 0.05) is 23.5 Å². The number of thioether (sulfide) groups is 1. The van der Waals surface area contributed by atoms with Crippen molar-refractivity contribution in [2.75, 3.05) is 17.0 Å². The Morgan fingerprint density at radius 3 is 2.63 bits per heavy atom. The smallest absolute Gasteiger partial charge is 0.262 e. The zero-order valence-electron chi connectivity index (χ0n) is 16.8. The molecule has 0 aliphatic heterocycles. The minimum atomic E-state index is -3.82. The van der Waals surface area contributed by atoms with Crippen LogP contribution in [0.15, 0.2) is 70.2 Å². The van der Waals surface area contributed by atoms with Gasteiger partial charge in [0.1, 0.15) is 5.76 Å². The topological polar surface area (TPSA) is 88.4 Å². The lowest BCUT2D eigenvalue weighted by atomic mass is 10.1. The predicted molar refractivity (Wildman–Crippen MR) is 120 cm³/mol. The van der Waals surface area contributed by atoms with E-state index in [0.29, 0.717) is 23.4 Å². The molecule has 1 amide bonds. The fraction of sp³-hybridized carbons (Fsp3) is 0.227. The Kier molecular flexibility index (Phi) is 7.23. The number of hydrogen-bond acceptors (Lipinski definition) is 5. The van der Waals surface area contributed by atoms with E-state index in [9.17, 15) is 13.2 Å². The van der Waals surface area contributed by atoms with Crippen LogP contribution in [0, 0.1) is 13.8 Å². The summed E-state index contributed by atoms with van der Waals surface area (Å²) in [5.74, 6) is 2.04. The second kappa shape index (κ2) is 9.86. The van der Waals surface area contributed by atoms with Crippen LogP contribution < -0.4 is 10.0 Å². The third-order valence-electron chi connectivity index (χ3n) is 4.37. The first-order valence-corrected chi connectivity index (χ1v) is 12.1. The van der Waals surface area contributed by atoms with E-state index in [4.69, 9.17) is 4.42 Å². The molecule has 30 heavy (non-hydrogen) atoms. The summed E-state index contributed by atoms with van der Waals surface area (Å²) in [6.07, 6.45) is 1.63. The quantitative estimate of drug-likeness (QED) is 0.479. The molecule has 0 saturated carbocycles. The van der Waals surface area contributed by atoms with Crippen molar-refractivity contribution in [3.05, 3.63) is 83.3 Å². The molecule has 3 rings (SSSR count). The number of hydrogen-bond donors (Lipinski definition) is 2. The summed E-state index contributed by atoms with van der Waals surface area (Å²) in [4.78, 5) is 12.6. The van der Waals surface area contributed by atoms with Crippen LogP contribution in [0.5, 0.6) is 0 Å². The average molecular weight is 445 g/mol. The van der Waals surface area contributed by atoms with Crippen LogP contribution >= 0.6 is 11.8 Å². The highest BCUT2D eigenvalue weighted by Gasteiger charge is 2.19. The summed E-state index contributed by atoms with van der Waals surface area (Å²) in [5.41, 5.74) is 2.31. The third kappa shape index (κ3) is 5.90. The number of nitrogens with one attached hydrogen (secondary N) is 2. The van der Waals surface area contributed by atoms with Crippen LogP contribution in [-0.4, -0.2) is 26.6 Å². The van der Waals surface area contributed by atoms with Crippen LogP contribution in [0.25, 0.3) is 0 Å². The second-order valence-corrected chi connectivity index (χ2v) is 9.60. The first-order chi connectivity index (χ1) is 14.3. The van der Waals surface area contributed by atoms with E-state index >= 15 is 0 Å². The Bertz CT molecular complexity index is 1110. The van der Waals surface area contributed by atoms with Gasteiger partial charge in [-0.15, -0.1) is 0 Å². The highest BCUT2D eigenvalue weighted by atomic mass is 32.2. The van der Waals surface area contributed by atoms with Gasteiger partial charge in [-0.1, -0.05) is 18.2 Å². The molecule has 0 fully saturated rings. The van der Waals surface area contributed by atoms with Crippen LogP contribution in [0.1, 0.15) is 27.2 Å². The molecule has 158 valence electrons. The van der Waals surface area contributed by atoms with Crippen molar-refractivity contribution >= 4 is 33.4 Å². The van der Waals surface area contributed by atoms with Crippen molar-refractivity contribution in [3.63, 3.8) is 0 Å². The van der Waals surface area contributed by atoms with E-state index in [-0.39, 0.29) is 10.8 Å². The first kappa shape index (κ1) is 22.0. The number of anilines is 1. The fourth-order valence-corrected chi connectivity index (χ4v) is 4.93. The monoisotopic (exact) mass is 444 g/mol. The molecule has 0 atom stereocenters. The average Bonchev–Trinajstić information content (AvgIpc) is 3.21. The SMILES string of the molecule is Cc1cccc(NS(=O)(=O)c2cc(C(=O)NCCSCc3ccco3)ccc2C)c1. The Balaban J connectivity index is 1.62. The van der Waals surface area contributed by atoms with Crippen LogP contribution in [0.3, 0.4) is 0 Å². The molecular formula is C22H24N2O4S2. The van der Waals surface area contributed by atoms with Gasteiger partial charge in [-0.2, -0.15) is 11.8 Å². The number of rotatable bonds is 9. The highest BCUT2D eigenvalue weighted by Crippen LogP contribution is 2.21. The normalized spacial score (nSPS) is 11.3. The molecule has 0 spiro atoms. The van der Waals surface area contributed by atoms with E-state index in [0.717, 1.165) is 22.8 Å². The lowest BCUT2D eigenvalue weighted by molar-refractivity contribution is 0.0956. The zero-order chi connectivity index (χ0) is 21.6. The van der Waals surface area contributed by atoms with Crippen LogP contribution in [0.4, 0.5) is 5.69 Å². The zero-order valence-corrected chi connectivity index (χ0v) is 18.5. The van der Waals surface area contributed by atoms with Gasteiger partial charge in [0.15, 0.2) is 0 Å². The summed E-state index contributed by atoms with van der Waals surface area (Å²) in [6, 6.07) is 15.6. The number of sulfonamides is 1. The van der Waals surface area contributed by atoms with E-state index < -0.39 is 10.0 Å². The summed E-state index contributed by atoms with van der Waals surface area (Å²) < 4.78 is 33.6. The Morgan fingerprint density at radius 2 is 1.90 bits per heavy atom. The molecule has 0 bridgehead atoms. The molecule has 2 N–H and O–H groups in total. The van der Waals surface area contributed by atoms with Gasteiger partial charge in [-0.3, -0.25) is 9.52 Å². The number of furan rings is 1. The maximum atomic E-state index is 12.9. The molecule has 2 aromatic carbocycles. The molecule has 0 radical (unpaired) electrons. The van der Waals surface area contributed by atoms with Gasteiger partial charge < -0.3 is 9.73 Å². The van der Waals surface area contributed by atoms with E-state index in [1.807, 2.05) is 25.1 Å². The van der Waals surface area contributed by atoms with Crippen molar-refractivity contribution in [1.29, 1.82) is 0 Å². The molecule has 8 heteroatoms. The van der Waals surface area contributed by atoms with Crippen LogP contribution in [-0.2, 0) is 15.8 Å². The fourth-order valence-electron chi connectivity index (χ4n) is 2.86. The van der Waals surface area contributed by atoms with Gasteiger partial charge >= 0.3 is 0 Å². The van der Waals surface area contributed by atoms with Crippen molar-refractivity contribution in [1.82, 2.24) is 5.32 Å².